The molecule has 0 aliphatic carbocycles. The van der Waals surface area contributed by atoms with Gasteiger partial charge in [-0.1, -0.05) is 24.3 Å². The number of rotatable bonds is 8. The third-order valence-electron chi connectivity index (χ3n) is 5.86. The van der Waals surface area contributed by atoms with Crippen LogP contribution in [0.3, 0.4) is 0 Å². The molecule has 0 unspecified atom stereocenters. The minimum Gasteiger partial charge on any atom is -0.481 e. The second kappa shape index (κ2) is 10.3. The van der Waals surface area contributed by atoms with Gasteiger partial charge >= 0.3 is 12.1 Å². The number of benzene rings is 2. The molecule has 0 saturated carbocycles. The highest BCUT2D eigenvalue weighted by atomic mass is 32.1. The van der Waals surface area contributed by atoms with Crippen molar-refractivity contribution in [2.24, 2.45) is 0 Å². The average Bonchev–Trinajstić information content (AvgIpc) is 3.52. The van der Waals surface area contributed by atoms with Crippen molar-refractivity contribution >= 4 is 45.6 Å². The minimum absolute atomic E-state index is 0.0804. The lowest BCUT2D eigenvalue weighted by Gasteiger charge is -2.10. The molecule has 0 saturated heterocycles. The number of halogens is 3. The van der Waals surface area contributed by atoms with E-state index in [1.165, 1.54) is 11.3 Å². The second-order valence-electron chi connectivity index (χ2n) is 8.73. The number of aryl methyl sites for hydroxylation is 2. The quantitative estimate of drug-likeness (QED) is 0.217. The highest BCUT2D eigenvalue weighted by molar-refractivity contribution is 7.17. The van der Waals surface area contributed by atoms with Crippen molar-refractivity contribution in [3.05, 3.63) is 88.9 Å². The maximum absolute atomic E-state index is 13.4. The zero-order valence-electron chi connectivity index (χ0n) is 20.4. The highest BCUT2D eigenvalue weighted by Gasteiger charge is 2.32. The van der Waals surface area contributed by atoms with Gasteiger partial charge in [-0.2, -0.15) is 13.2 Å². The Morgan fingerprint density at radius 3 is 2.67 bits per heavy atom. The molecule has 0 aliphatic heterocycles. The van der Waals surface area contributed by atoms with Crippen LogP contribution in [0.1, 0.15) is 33.0 Å². The molecule has 5 rings (SSSR count). The van der Waals surface area contributed by atoms with E-state index < -0.39 is 17.8 Å². The van der Waals surface area contributed by atoms with Crippen LogP contribution in [-0.4, -0.2) is 36.4 Å². The van der Waals surface area contributed by atoms with Gasteiger partial charge in [-0.3, -0.25) is 9.59 Å². The number of anilines is 2. The Hall–Kier alpha value is -4.58. The Morgan fingerprint density at radius 2 is 1.90 bits per heavy atom. The topological polar surface area (TPSA) is 110 Å². The lowest BCUT2D eigenvalue weighted by atomic mass is 10.1. The number of carboxylic acids is 1. The SMILES string of the molecule is Cc1cc(Nc2nccc(C(F)(F)F)n2)cc(-c2cnc(C(=O)c3cn(CCC(=O)O)c4ccccc34)s2)c1. The summed E-state index contributed by atoms with van der Waals surface area (Å²) in [4.78, 5) is 37.0. The maximum atomic E-state index is 13.4. The van der Waals surface area contributed by atoms with Crippen LogP contribution in [-0.2, 0) is 17.5 Å². The van der Waals surface area contributed by atoms with E-state index in [0.717, 1.165) is 23.3 Å². The molecular formula is C27H20F3N5O3S. The number of nitrogens with one attached hydrogen (secondary N) is 1. The van der Waals surface area contributed by atoms with Gasteiger partial charge in [-0.15, -0.1) is 11.3 Å². The van der Waals surface area contributed by atoms with Gasteiger partial charge in [0.05, 0.1) is 16.9 Å². The first-order chi connectivity index (χ1) is 18.6. The van der Waals surface area contributed by atoms with Crippen molar-refractivity contribution in [1.82, 2.24) is 19.5 Å². The van der Waals surface area contributed by atoms with Gasteiger partial charge in [0.2, 0.25) is 11.7 Å². The first kappa shape index (κ1) is 26.0. The van der Waals surface area contributed by atoms with E-state index in [1.807, 2.05) is 37.3 Å². The molecule has 0 spiro atoms. The molecule has 0 atom stereocenters. The smallest absolute Gasteiger partial charge is 0.433 e. The summed E-state index contributed by atoms with van der Waals surface area (Å²) in [6.07, 6.45) is -0.412. The van der Waals surface area contributed by atoms with Crippen molar-refractivity contribution < 1.29 is 27.9 Å². The molecule has 0 amide bonds. The zero-order chi connectivity index (χ0) is 27.7. The number of hydrogen-bond donors (Lipinski definition) is 2. The molecule has 5 aromatic rings. The van der Waals surface area contributed by atoms with E-state index in [2.05, 4.69) is 20.3 Å². The van der Waals surface area contributed by atoms with E-state index in [4.69, 9.17) is 5.11 Å². The van der Waals surface area contributed by atoms with Crippen molar-refractivity contribution in [1.29, 1.82) is 0 Å². The number of hydrogen-bond acceptors (Lipinski definition) is 7. The first-order valence-corrected chi connectivity index (χ1v) is 12.5. The molecule has 198 valence electrons. The van der Waals surface area contributed by atoms with E-state index in [1.54, 1.807) is 29.1 Å². The lowest BCUT2D eigenvalue weighted by molar-refractivity contribution is -0.141. The summed E-state index contributed by atoms with van der Waals surface area (Å²) in [6.45, 7) is 2.06. The number of aromatic nitrogens is 4. The Kier molecular flexibility index (Phi) is 6.87. The third kappa shape index (κ3) is 5.65. The lowest BCUT2D eigenvalue weighted by Crippen LogP contribution is -2.10. The number of ketones is 1. The van der Waals surface area contributed by atoms with Crippen molar-refractivity contribution in [2.45, 2.75) is 26.1 Å². The molecule has 0 fully saturated rings. The fourth-order valence-corrected chi connectivity index (χ4v) is 5.02. The van der Waals surface area contributed by atoms with E-state index in [-0.39, 0.29) is 29.7 Å². The van der Waals surface area contributed by atoms with Gasteiger partial charge in [-0.25, -0.2) is 15.0 Å². The van der Waals surface area contributed by atoms with E-state index in [0.29, 0.717) is 27.1 Å². The van der Waals surface area contributed by atoms with Crippen LogP contribution in [0.25, 0.3) is 21.3 Å². The monoisotopic (exact) mass is 551 g/mol. The van der Waals surface area contributed by atoms with Gasteiger partial charge < -0.3 is 15.0 Å². The van der Waals surface area contributed by atoms with Crippen LogP contribution in [0.15, 0.2) is 67.1 Å². The molecule has 3 aromatic heterocycles. The standard InChI is InChI=1S/C27H20F3N5O3S/c1-15-10-16(12-17(11-15)33-26-31-8-6-22(34-26)27(28,29)30)21-13-32-25(39-21)24(38)19-14-35(9-7-23(36)37)20-5-3-2-4-18(19)20/h2-6,8,10-14H,7,9H2,1H3,(H,36,37)(H,31,33,34). The van der Waals surface area contributed by atoms with Gasteiger partial charge in [0.25, 0.3) is 0 Å². The van der Waals surface area contributed by atoms with E-state index >= 15 is 0 Å². The number of fused-ring (bicyclic) bond motifs is 1. The van der Waals surface area contributed by atoms with Crippen LogP contribution in [0.2, 0.25) is 0 Å². The van der Waals surface area contributed by atoms with Crippen LogP contribution < -0.4 is 5.32 Å². The van der Waals surface area contributed by atoms with Gasteiger partial charge in [0.15, 0.2) is 5.01 Å². The number of para-hydroxylation sites is 1. The van der Waals surface area contributed by atoms with Crippen LogP contribution >= 0.6 is 11.3 Å². The molecule has 0 bridgehead atoms. The summed E-state index contributed by atoms with van der Waals surface area (Å²) >= 11 is 1.18. The van der Waals surface area contributed by atoms with Gasteiger partial charge in [0, 0.05) is 41.7 Å². The fraction of sp³-hybridized carbons (Fsp3) is 0.148. The summed E-state index contributed by atoms with van der Waals surface area (Å²) in [5, 5.41) is 12.8. The zero-order valence-corrected chi connectivity index (χ0v) is 21.2. The molecule has 12 heteroatoms. The predicted octanol–water partition coefficient (Wildman–Crippen LogP) is 6.33. The largest absolute Gasteiger partial charge is 0.481 e. The summed E-state index contributed by atoms with van der Waals surface area (Å²) in [7, 11) is 0. The highest BCUT2D eigenvalue weighted by Crippen LogP contribution is 2.33. The van der Waals surface area contributed by atoms with Gasteiger partial charge in [-0.05, 0) is 42.3 Å². The predicted molar refractivity (Wildman–Crippen MR) is 140 cm³/mol. The Labute approximate surface area is 223 Å². The van der Waals surface area contributed by atoms with Crippen LogP contribution in [0.4, 0.5) is 24.8 Å². The molecular weight excluding hydrogens is 531 g/mol. The Morgan fingerprint density at radius 1 is 1.10 bits per heavy atom. The molecule has 0 aliphatic rings. The third-order valence-corrected chi connectivity index (χ3v) is 6.91. The van der Waals surface area contributed by atoms with Gasteiger partial charge in [0.1, 0.15) is 5.69 Å². The van der Waals surface area contributed by atoms with Crippen molar-refractivity contribution in [3.63, 3.8) is 0 Å². The summed E-state index contributed by atoms with van der Waals surface area (Å²) in [5.41, 5.74) is 2.14. The number of carbonyl (C=O) groups is 2. The number of thiazole rings is 1. The normalized spacial score (nSPS) is 11.6. The number of aliphatic carboxylic acids is 1. The number of carbonyl (C=O) groups excluding carboxylic acids is 1. The van der Waals surface area contributed by atoms with Crippen LogP contribution in [0, 0.1) is 6.92 Å². The maximum Gasteiger partial charge on any atom is 0.433 e. The molecule has 8 nitrogen and oxygen atoms in total. The summed E-state index contributed by atoms with van der Waals surface area (Å²) in [6, 6.07) is 13.4. The first-order valence-electron chi connectivity index (χ1n) is 11.7. The van der Waals surface area contributed by atoms with Crippen LogP contribution in [0.5, 0.6) is 0 Å². The Bertz CT molecular complexity index is 1710. The summed E-state index contributed by atoms with van der Waals surface area (Å²) < 4.78 is 40.8. The number of carboxylic acid groups (broad SMARTS) is 1. The molecule has 3 heterocycles. The number of alkyl halides is 3. The molecule has 39 heavy (non-hydrogen) atoms. The fourth-order valence-electron chi connectivity index (χ4n) is 4.16. The average molecular weight is 552 g/mol. The minimum atomic E-state index is -4.59. The van der Waals surface area contributed by atoms with Crippen molar-refractivity contribution in [2.75, 3.05) is 5.32 Å². The molecule has 2 aromatic carbocycles. The van der Waals surface area contributed by atoms with E-state index in [9.17, 15) is 22.8 Å². The molecule has 2 N–H and O–H groups in total. The second-order valence-corrected chi connectivity index (χ2v) is 9.76. The van der Waals surface area contributed by atoms with Crippen molar-refractivity contribution in [3.8, 4) is 10.4 Å². The Balaban J connectivity index is 1.43. The summed E-state index contributed by atoms with van der Waals surface area (Å²) in [5.74, 6) is -1.42. The molecule has 0 radical (unpaired) electrons. The number of nitrogens with zero attached hydrogens (tertiary/aromatic N) is 4.